The standard InChI is InChI=1S/C40H60N6O16.6C2H6/c1-18(16-61-39(59)45-33-21(4)29(35(55)41-8-25(51)12-47)19(2)30(22(33)5)36(56)42-9-26(52)13-48)17-62-40(60)46-34-23(6)31(37(57)43-10-27(53)14-49)20(3)32(24(34)7)38(58)44-11-28(54)15-50;6*1-2/h18,25-28,47-54H,8-17H2,1-7H3,(H,41,55)(H,42,56)(H,43,57)(H,44,58)(H,45,59)(H,46,60);6*1-2H3. The molecule has 4 unspecified atom stereocenters. The molecule has 22 nitrogen and oxygen atoms in total. The Labute approximate surface area is 440 Å². The molecular formula is C52H96N6O16. The molecule has 0 bridgehead atoms. The average Bonchev–Trinajstić information content (AvgIpc) is 3.42. The lowest BCUT2D eigenvalue weighted by molar-refractivity contribution is 0.0792. The molecule has 0 aliphatic heterocycles. The van der Waals surface area contributed by atoms with Crippen LogP contribution in [0.1, 0.15) is 165 Å². The van der Waals surface area contributed by atoms with Gasteiger partial charge in [0.1, 0.15) is 0 Å². The Bertz CT molecular complexity index is 1710. The van der Waals surface area contributed by atoms with Crippen LogP contribution in [0.25, 0.3) is 0 Å². The maximum absolute atomic E-state index is 13.3. The highest BCUT2D eigenvalue weighted by Gasteiger charge is 2.29. The molecule has 0 aromatic heterocycles. The van der Waals surface area contributed by atoms with Gasteiger partial charge in [0.15, 0.2) is 0 Å². The minimum absolute atomic E-state index is 0.0304. The first-order chi connectivity index (χ1) is 35.1. The van der Waals surface area contributed by atoms with E-state index in [1.165, 1.54) is 41.5 Å². The maximum Gasteiger partial charge on any atom is 0.411 e. The zero-order chi connectivity index (χ0) is 59.0. The third-order valence-electron chi connectivity index (χ3n) is 9.70. The molecule has 0 saturated carbocycles. The number of nitrogens with one attached hydrogen (secondary N) is 6. The summed E-state index contributed by atoms with van der Waals surface area (Å²) in [6.45, 7) is 30.1. The number of hydrogen-bond acceptors (Lipinski definition) is 16. The van der Waals surface area contributed by atoms with Gasteiger partial charge in [0.2, 0.25) is 0 Å². The molecule has 430 valence electrons. The summed E-state index contributed by atoms with van der Waals surface area (Å²) in [6.07, 6.45) is -7.12. The molecule has 0 spiro atoms. The first-order valence-corrected chi connectivity index (χ1v) is 25.6. The van der Waals surface area contributed by atoms with Crippen molar-refractivity contribution in [2.24, 2.45) is 5.92 Å². The van der Waals surface area contributed by atoms with Crippen LogP contribution in [0.3, 0.4) is 0 Å². The number of benzene rings is 2. The molecule has 0 aliphatic carbocycles. The molecule has 2 aromatic rings. The Kier molecular flexibility index (Phi) is 47.1. The molecule has 0 radical (unpaired) electrons. The van der Waals surface area contributed by atoms with Crippen LogP contribution in [0, 0.1) is 47.5 Å². The van der Waals surface area contributed by atoms with Crippen LogP contribution in [0.15, 0.2) is 0 Å². The summed E-state index contributed by atoms with van der Waals surface area (Å²) in [5.41, 5.74) is 1.23. The van der Waals surface area contributed by atoms with Gasteiger partial charge in [-0.25, -0.2) is 9.59 Å². The predicted octanol–water partition coefficient (Wildman–Crippen LogP) is 4.46. The number of amides is 6. The van der Waals surface area contributed by atoms with Gasteiger partial charge in [0.05, 0.1) is 75.4 Å². The van der Waals surface area contributed by atoms with Gasteiger partial charge in [-0.05, 0) is 74.9 Å². The van der Waals surface area contributed by atoms with Gasteiger partial charge in [-0.2, -0.15) is 0 Å². The largest absolute Gasteiger partial charge is 0.449 e. The SMILES string of the molecule is CC.CC.CC.CC.CC.CC.Cc1c(NC(=O)OCC(C)COC(=O)Nc2c(C)c(C(=O)NCC(O)CO)c(C)c(C(=O)NCC(O)CO)c2C)c(C)c(C(=O)NCC(O)CO)c(C)c1C(=O)NCC(O)CO. The number of carbonyl (C=O) groups is 6. The molecule has 14 N–H and O–H groups in total. The number of rotatable bonds is 22. The van der Waals surface area contributed by atoms with Crippen molar-refractivity contribution >= 4 is 47.2 Å². The lowest BCUT2D eigenvalue weighted by atomic mass is 9.90. The Morgan fingerprint density at radius 2 is 0.568 bits per heavy atom. The number of carbonyl (C=O) groups excluding carboxylic acids is 6. The van der Waals surface area contributed by atoms with Gasteiger partial charge in [-0.3, -0.25) is 29.8 Å². The minimum atomic E-state index is -1.27. The van der Waals surface area contributed by atoms with Crippen LogP contribution in [0.4, 0.5) is 21.0 Å². The smallest absolute Gasteiger partial charge is 0.411 e. The highest BCUT2D eigenvalue weighted by molar-refractivity contribution is 6.08. The fourth-order valence-electron chi connectivity index (χ4n) is 6.39. The second-order valence-corrected chi connectivity index (χ2v) is 14.7. The second-order valence-electron chi connectivity index (χ2n) is 14.7. The average molecular weight is 1060 g/mol. The van der Waals surface area contributed by atoms with E-state index < -0.39 is 92.6 Å². The Balaban J connectivity index is -0.00000123. The molecule has 0 heterocycles. The first kappa shape index (κ1) is 77.4. The van der Waals surface area contributed by atoms with E-state index in [9.17, 15) is 69.6 Å². The van der Waals surface area contributed by atoms with Crippen LogP contribution >= 0.6 is 0 Å². The monoisotopic (exact) mass is 1060 g/mol. The summed E-state index contributed by atoms with van der Waals surface area (Å²) in [5, 5.41) is 90.8. The second kappa shape index (κ2) is 45.0. The lowest BCUT2D eigenvalue weighted by Crippen LogP contribution is -2.37. The maximum atomic E-state index is 13.3. The van der Waals surface area contributed by atoms with E-state index >= 15 is 0 Å². The van der Waals surface area contributed by atoms with Gasteiger partial charge >= 0.3 is 12.2 Å². The zero-order valence-corrected chi connectivity index (χ0v) is 47.8. The van der Waals surface area contributed by atoms with Crippen molar-refractivity contribution in [1.29, 1.82) is 0 Å². The highest BCUT2D eigenvalue weighted by atomic mass is 16.6. The number of anilines is 2. The van der Waals surface area contributed by atoms with E-state index in [4.69, 9.17) is 9.47 Å². The van der Waals surface area contributed by atoms with Gasteiger partial charge in [-0.1, -0.05) is 90.0 Å². The van der Waals surface area contributed by atoms with Gasteiger partial charge in [-0.15, -0.1) is 0 Å². The third-order valence-corrected chi connectivity index (χ3v) is 9.70. The molecule has 6 amide bonds. The molecule has 2 rings (SSSR count). The third kappa shape index (κ3) is 26.2. The fraction of sp³-hybridized carbons (Fsp3) is 0.654. The number of ether oxygens (including phenoxy) is 2. The Hall–Kier alpha value is -5.46. The Morgan fingerprint density at radius 1 is 0.378 bits per heavy atom. The van der Waals surface area contributed by atoms with Crippen LogP contribution in [0.5, 0.6) is 0 Å². The van der Waals surface area contributed by atoms with E-state index in [2.05, 4.69) is 31.9 Å². The molecule has 22 heteroatoms. The summed E-state index contributed by atoms with van der Waals surface area (Å²) in [6, 6.07) is 0. The molecule has 4 atom stereocenters. The quantitative estimate of drug-likeness (QED) is 0.0774. The van der Waals surface area contributed by atoms with E-state index in [0.717, 1.165) is 0 Å². The molecule has 2 aromatic carbocycles. The van der Waals surface area contributed by atoms with Gasteiger partial charge < -0.3 is 71.6 Å². The lowest BCUT2D eigenvalue weighted by Gasteiger charge is -2.23. The van der Waals surface area contributed by atoms with Crippen LogP contribution in [-0.4, -0.2) is 167 Å². The molecule has 0 fully saturated rings. The molecule has 0 aliphatic rings. The highest BCUT2D eigenvalue weighted by Crippen LogP contribution is 2.33. The van der Waals surface area contributed by atoms with Crippen molar-refractivity contribution in [1.82, 2.24) is 21.3 Å². The zero-order valence-electron chi connectivity index (χ0n) is 47.8. The van der Waals surface area contributed by atoms with Crippen LogP contribution in [-0.2, 0) is 9.47 Å². The van der Waals surface area contributed by atoms with Crippen molar-refractivity contribution in [3.63, 3.8) is 0 Å². The molecule has 0 saturated heterocycles. The number of aliphatic hydroxyl groups excluding tert-OH is 8. The topological polar surface area (TPSA) is 355 Å². The van der Waals surface area contributed by atoms with Crippen LogP contribution in [0.2, 0.25) is 0 Å². The fourth-order valence-corrected chi connectivity index (χ4v) is 6.39. The summed E-state index contributed by atoms with van der Waals surface area (Å²) in [4.78, 5) is 79.5. The summed E-state index contributed by atoms with van der Waals surface area (Å²) < 4.78 is 10.8. The predicted molar refractivity (Wildman–Crippen MR) is 290 cm³/mol. The molecular weight excluding hydrogens is 965 g/mol. The van der Waals surface area contributed by atoms with E-state index in [-0.39, 0.29) is 106 Å². The summed E-state index contributed by atoms with van der Waals surface area (Å²) >= 11 is 0. The van der Waals surface area contributed by atoms with Gasteiger partial charge in [0, 0.05) is 54.4 Å². The van der Waals surface area contributed by atoms with Crippen LogP contribution < -0.4 is 31.9 Å². The summed E-state index contributed by atoms with van der Waals surface area (Å²) in [7, 11) is 0. The Morgan fingerprint density at radius 3 is 0.743 bits per heavy atom. The first-order valence-electron chi connectivity index (χ1n) is 25.6. The molecule has 74 heavy (non-hydrogen) atoms. The van der Waals surface area contributed by atoms with Crippen molar-refractivity contribution in [3.05, 3.63) is 55.6 Å². The van der Waals surface area contributed by atoms with Crippen molar-refractivity contribution in [2.45, 2.75) is 156 Å². The minimum Gasteiger partial charge on any atom is -0.449 e. The summed E-state index contributed by atoms with van der Waals surface area (Å²) in [5.74, 6) is -3.55. The van der Waals surface area contributed by atoms with E-state index in [0.29, 0.717) is 0 Å². The van der Waals surface area contributed by atoms with Crippen molar-refractivity contribution in [2.75, 3.05) is 76.5 Å². The van der Waals surface area contributed by atoms with E-state index in [1.54, 1.807) is 6.92 Å². The van der Waals surface area contributed by atoms with Crippen molar-refractivity contribution in [3.8, 4) is 0 Å². The number of hydrogen-bond donors (Lipinski definition) is 14. The van der Waals surface area contributed by atoms with Crippen molar-refractivity contribution < 1.29 is 79.1 Å². The normalized spacial score (nSPS) is 11.8. The number of aliphatic hydroxyl groups is 8. The van der Waals surface area contributed by atoms with E-state index in [1.807, 2.05) is 83.1 Å². The van der Waals surface area contributed by atoms with Gasteiger partial charge in [0.25, 0.3) is 23.6 Å².